The van der Waals surface area contributed by atoms with Crippen molar-refractivity contribution < 1.29 is 9.47 Å². The van der Waals surface area contributed by atoms with E-state index < -0.39 is 0 Å². The molecular formula is C17H19BrN2O2. The third kappa shape index (κ3) is 4.77. The minimum absolute atomic E-state index is 0.146. The summed E-state index contributed by atoms with van der Waals surface area (Å²) in [5.74, 6) is 1.65. The maximum Gasteiger partial charge on any atom is 0.133 e. The van der Waals surface area contributed by atoms with Crippen LogP contribution < -0.4 is 14.9 Å². The van der Waals surface area contributed by atoms with Crippen LogP contribution in [0.3, 0.4) is 0 Å². The SMILES string of the molecule is COc1ccc(N/N=C/c2ccc(OC(C)C)c(Br)c2)cc1. The van der Waals surface area contributed by atoms with Crippen molar-refractivity contribution in [3.8, 4) is 11.5 Å². The second-order valence-corrected chi connectivity index (χ2v) is 5.81. The molecular weight excluding hydrogens is 344 g/mol. The van der Waals surface area contributed by atoms with E-state index in [-0.39, 0.29) is 6.10 Å². The van der Waals surface area contributed by atoms with E-state index >= 15 is 0 Å². The molecule has 0 saturated heterocycles. The van der Waals surface area contributed by atoms with Crippen LogP contribution in [-0.2, 0) is 0 Å². The van der Waals surface area contributed by atoms with E-state index in [2.05, 4.69) is 26.5 Å². The van der Waals surface area contributed by atoms with Gasteiger partial charge in [-0.3, -0.25) is 5.43 Å². The van der Waals surface area contributed by atoms with Gasteiger partial charge in [0.15, 0.2) is 0 Å². The summed E-state index contributed by atoms with van der Waals surface area (Å²) in [7, 11) is 1.64. The quantitative estimate of drug-likeness (QED) is 0.598. The van der Waals surface area contributed by atoms with Crippen molar-refractivity contribution in [1.29, 1.82) is 0 Å². The summed E-state index contributed by atoms with van der Waals surface area (Å²) < 4.78 is 11.7. The van der Waals surface area contributed by atoms with E-state index in [1.165, 1.54) is 0 Å². The highest BCUT2D eigenvalue weighted by molar-refractivity contribution is 9.10. The predicted octanol–water partition coefficient (Wildman–Crippen LogP) is 4.69. The summed E-state index contributed by atoms with van der Waals surface area (Å²) in [5.41, 5.74) is 4.85. The molecule has 0 heterocycles. The Bertz CT molecular complexity index is 640. The molecule has 0 aliphatic carbocycles. The number of halogens is 1. The Labute approximate surface area is 139 Å². The molecule has 0 aromatic heterocycles. The highest BCUT2D eigenvalue weighted by Crippen LogP contribution is 2.26. The van der Waals surface area contributed by atoms with Crippen molar-refractivity contribution in [3.63, 3.8) is 0 Å². The van der Waals surface area contributed by atoms with Crippen molar-refractivity contribution in [1.82, 2.24) is 0 Å². The monoisotopic (exact) mass is 362 g/mol. The first-order valence-electron chi connectivity index (χ1n) is 6.98. The first-order valence-corrected chi connectivity index (χ1v) is 7.77. The van der Waals surface area contributed by atoms with Gasteiger partial charge in [-0.15, -0.1) is 0 Å². The normalized spacial score (nSPS) is 11.0. The smallest absolute Gasteiger partial charge is 0.133 e. The molecule has 2 aromatic rings. The molecule has 0 amide bonds. The minimum atomic E-state index is 0.146. The van der Waals surface area contributed by atoms with Crippen LogP contribution in [-0.4, -0.2) is 19.4 Å². The second-order valence-electron chi connectivity index (χ2n) is 4.95. The van der Waals surface area contributed by atoms with Crippen molar-refractivity contribution in [2.24, 2.45) is 5.10 Å². The molecule has 22 heavy (non-hydrogen) atoms. The Hall–Kier alpha value is -2.01. The first kappa shape index (κ1) is 16.4. The van der Waals surface area contributed by atoms with E-state index in [1.807, 2.05) is 56.3 Å². The molecule has 0 radical (unpaired) electrons. The van der Waals surface area contributed by atoms with Gasteiger partial charge >= 0.3 is 0 Å². The molecule has 0 bridgehead atoms. The number of methoxy groups -OCH3 is 1. The van der Waals surface area contributed by atoms with Crippen molar-refractivity contribution in [2.75, 3.05) is 12.5 Å². The van der Waals surface area contributed by atoms with E-state index in [4.69, 9.17) is 9.47 Å². The molecule has 0 aliphatic rings. The molecule has 4 nitrogen and oxygen atoms in total. The van der Waals surface area contributed by atoms with Gasteiger partial charge in [-0.1, -0.05) is 0 Å². The van der Waals surface area contributed by atoms with Gasteiger partial charge in [0.2, 0.25) is 0 Å². The van der Waals surface area contributed by atoms with Crippen molar-refractivity contribution in [3.05, 3.63) is 52.5 Å². The summed E-state index contributed by atoms with van der Waals surface area (Å²) >= 11 is 3.51. The Balaban J connectivity index is 1.99. The van der Waals surface area contributed by atoms with Gasteiger partial charge in [0.1, 0.15) is 11.5 Å². The standard InChI is InChI=1S/C17H19BrN2O2/c1-12(2)22-17-9-4-13(10-16(17)18)11-19-20-14-5-7-15(21-3)8-6-14/h4-12,20H,1-3H3/b19-11+. The average molecular weight is 363 g/mol. The highest BCUT2D eigenvalue weighted by atomic mass is 79.9. The lowest BCUT2D eigenvalue weighted by Gasteiger charge is -2.11. The number of hydrazone groups is 1. The molecule has 0 aliphatic heterocycles. The van der Waals surface area contributed by atoms with Crippen LogP contribution in [0, 0.1) is 0 Å². The number of nitrogens with zero attached hydrogens (tertiary/aromatic N) is 1. The van der Waals surface area contributed by atoms with Gasteiger partial charge in [-0.2, -0.15) is 5.10 Å². The lowest BCUT2D eigenvalue weighted by molar-refractivity contribution is 0.241. The van der Waals surface area contributed by atoms with Gasteiger partial charge in [-0.05, 0) is 77.8 Å². The molecule has 0 unspecified atom stereocenters. The van der Waals surface area contributed by atoms with Crippen LogP contribution in [0.2, 0.25) is 0 Å². The Morgan fingerprint density at radius 1 is 1.14 bits per heavy atom. The number of benzene rings is 2. The van der Waals surface area contributed by atoms with Crippen molar-refractivity contribution >= 4 is 27.8 Å². The predicted molar refractivity (Wildman–Crippen MR) is 94.1 cm³/mol. The number of hydrogen-bond acceptors (Lipinski definition) is 4. The van der Waals surface area contributed by atoms with E-state index in [0.717, 1.165) is 27.2 Å². The largest absolute Gasteiger partial charge is 0.497 e. The maximum atomic E-state index is 5.68. The maximum absolute atomic E-state index is 5.68. The summed E-state index contributed by atoms with van der Waals surface area (Å²) in [5, 5.41) is 4.22. The summed E-state index contributed by atoms with van der Waals surface area (Å²) in [6.07, 6.45) is 1.90. The number of nitrogens with one attached hydrogen (secondary N) is 1. The molecule has 5 heteroatoms. The molecule has 2 rings (SSSR count). The van der Waals surface area contributed by atoms with Crippen LogP contribution >= 0.6 is 15.9 Å². The summed E-state index contributed by atoms with van der Waals surface area (Å²) in [6, 6.07) is 13.4. The number of rotatable bonds is 6. The van der Waals surface area contributed by atoms with Gasteiger partial charge in [0.25, 0.3) is 0 Å². The van der Waals surface area contributed by atoms with Gasteiger partial charge in [0, 0.05) is 0 Å². The van der Waals surface area contributed by atoms with Gasteiger partial charge in [-0.25, -0.2) is 0 Å². The fourth-order valence-corrected chi connectivity index (χ4v) is 2.28. The number of anilines is 1. The highest BCUT2D eigenvalue weighted by Gasteiger charge is 2.03. The molecule has 0 fully saturated rings. The Morgan fingerprint density at radius 2 is 1.86 bits per heavy atom. The van der Waals surface area contributed by atoms with Gasteiger partial charge in [0.05, 0.1) is 29.6 Å². The topological polar surface area (TPSA) is 42.8 Å². The van der Waals surface area contributed by atoms with E-state index in [0.29, 0.717) is 0 Å². The molecule has 2 aromatic carbocycles. The van der Waals surface area contributed by atoms with Crippen molar-refractivity contribution in [2.45, 2.75) is 20.0 Å². The van der Waals surface area contributed by atoms with Crippen LogP contribution in [0.25, 0.3) is 0 Å². The van der Waals surface area contributed by atoms with Crippen LogP contribution in [0.1, 0.15) is 19.4 Å². The van der Waals surface area contributed by atoms with Crippen LogP contribution in [0.5, 0.6) is 11.5 Å². The van der Waals surface area contributed by atoms with Crippen LogP contribution in [0.4, 0.5) is 5.69 Å². The molecule has 0 atom stereocenters. The average Bonchev–Trinajstić information content (AvgIpc) is 2.50. The van der Waals surface area contributed by atoms with Gasteiger partial charge < -0.3 is 9.47 Å². The zero-order valence-electron chi connectivity index (χ0n) is 12.8. The lowest BCUT2D eigenvalue weighted by Crippen LogP contribution is -2.06. The molecule has 0 spiro atoms. The fraction of sp³-hybridized carbons (Fsp3) is 0.235. The van der Waals surface area contributed by atoms with E-state index in [1.54, 1.807) is 13.3 Å². The Morgan fingerprint density at radius 3 is 2.45 bits per heavy atom. The summed E-state index contributed by atoms with van der Waals surface area (Å²) in [6.45, 7) is 4.00. The zero-order chi connectivity index (χ0) is 15.9. The second kappa shape index (κ2) is 7.84. The Kier molecular flexibility index (Phi) is 5.83. The third-order valence-corrected chi connectivity index (χ3v) is 3.44. The zero-order valence-corrected chi connectivity index (χ0v) is 14.4. The van der Waals surface area contributed by atoms with Crippen LogP contribution in [0.15, 0.2) is 52.0 Å². The molecule has 0 saturated carbocycles. The molecule has 116 valence electrons. The molecule has 1 N–H and O–H groups in total. The fourth-order valence-electron chi connectivity index (χ4n) is 1.79. The lowest BCUT2D eigenvalue weighted by atomic mass is 10.2. The van der Waals surface area contributed by atoms with E-state index in [9.17, 15) is 0 Å². The minimum Gasteiger partial charge on any atom is -0.497 e. The number of ether oxygens (including phenoxy) is 2. The number of hydrogen-bond donors (Lipinski definition) is 1. The third-order valence-electron chi connectivity index (χ3n) is 2.82. The first-order chi connectivity index (χ1) is 10.6. The summed E-state index contributed by atoms with van der Waals surface area (Å²) in [4.78, 5) is 0.